The van der Waals surface area contributed by atoms with E-state index in [1.807, 2.05) is 67.6 Å². The van der Waals surface area contributed by atoms with Crippen LogP contribution in [0.25, 0.3) is 0 Å². The average Bonchev–Trinajstić information content (AvgIpc) is 2.85. The number of rotatable bonds is 7. The molecular weight excluding hydrogens is 535 g/mol. The molecule has 0 bridgehead atoms. The van der Waals surface area contributed by atoms with Gasteiger partial charge in [0.15, 0.2) is 0 Å². The van der Waals surface area contributed by atoms with Crippen molar-refractivity contribution < 1.29 is 9.59 Å². The molecular formula is C28H21Cl3N2O2S. The minimum atomic E-state index is -0.539. The van der Waals surface area contributed by atoms with Crippen LogP contribution in [0.1, 0.15) is 26.7 Å². The minimum absolute atomic E-state index is 0.187. The first-order valence-electron chi connectivity index (χ1n) is 11.0. The molecule has 0 fully saturated rings. The molecule has 0 aliphatic rings. The predicted molar refractivity (Wildman–Crippen MR) is 151 cm³/mol. The van der Waals surface area contributed by atoms with E-state index in [2.05, 4.69) is 10.6 Å². The maximum absolute atomic E-state index is 13.4. The van der Waals surface area contributed by atoms with Crippen molar-refractivity contribution in [3.8, 4) is 0 Å². The summed E-state index contributed by atoms with van der Waals surface area (Å²) >= 11 is 19.7. The summed E-state index contributed by atoms with van der Waals surface area (Å²) in [5.41, 5.74) is 3.30. The lowest BCUT2D eigenvalue weighted by Crippen LogP contribution is -2.19. The van der Waals surface area contributed by atoms with Gasteiger partial charge in [0, 0.05) is 26.3 Å². The summed E-state index contributed by atoms with van der Waals surface area (Å²) in [6, 6.07) is 26.9. The van der Waals surface area contributed by atoms with Crippen LogP contribution in [0.15, 0.2) is 95.9 Å². The van der Waals surface area contributed by atoms with Crippen molar-refractivity contribution in [2.45, 2.75) is 17.1 Å². The third-order valence-electron chi connectivity index (χ3n) is 5.30. The molecule has 0 aromatic heterocycles. The van der Waals surface area contributed by atoms with Gasteiger partial charge in [-0.3, -0.25) is 9.59 Å². The zero-order chi connectivity index (χ0) is 25.7. The Kier molecular flexibility index (Phi) is 8.60. The molecule has 2 amide bonds. The molecule has 0 heterocycles. The zero-order valence-electron chi connectivity index (χ0n) is 19.1. The maximum atomic E-state index is 13.4. The Labute approximate surface area is 229 Å². The van der Waals surface area contributed by atoms with Gasteiger partial charge in [-0.05, 0) is 66.6 Å². The highest BCUT2D eigenvalue weighted by molar-refractivity contribution is 8.00. The topological polar surface area (TPSA) is 58.2 Å². The molecule has 0 saturated carbocycles. The molecule has 0 spiro atoms. The smallest absolute Gasteiger partial charge is 0.257 e. The standard InChI is InChI=1S/C28H21Cl3N2O2S/c1-17-10-12-21(16-24(17)30)33-28(35)26(18-6-3-2-4-7-18)36-22-9-5-8-20(15-22)32-27(34)23-13-11-19(29)14-25(23)31/h2-16,26H,1H3,(H,32,34)(H,33,35). The third kappa shape index (κ3) is 6.62. The summed E-state index contributed by atoms with van der Waals surface area (Å²) in [5.74, 6) is -0.541. The summed E-state index contributed by atoms with van der Waals surface area (Å²) in [5, 5.41) is 6.59. The van der Waals surface area contributed by atoms with Gasteiger partial charge in [0.1, 0.15) is 5.25 Å². The zero-order valence-corrected chi connectivity index (χ0v) is 22.2. The van der Waals surface area contributed by atoms with Crippen molar-refractivity contribution in [2.24, 2.45) is 0 Å². The maximum Gasteiger partial charge on any atom is 0.257 e. The SMILES string of the molecule is Cc1ccc(NC(=O)C(Sc2cccc(NC(=O)c3ccc(Cl)cc3Cl)c2)c2ccccc2)cc1Cl. The number of anilines is 2. The average molecular weight is 556 g/mol. The second-order valence-electron chi connectivity index (χ2n) is 7.97. The van der Waals surface area contributed by atoms with Crippen LogP contribution in [0, 0.1) is 6.92 Å². The quantitative estimate of drug-likeness (QED) is 0.224. The minimum Gasteiger partial charge on any atom is -0.325 e. The molecule has 0 aliphatic carbocycles. The first-order chi connectivity index (χ1) is 17.3. The van der Waals surface area contributed by atoms with Gasteiger partial charge in [0.2, 0.25) is 5.91 Å². The van der Waals surface area contributed by atoms with Crippen molar-refractivity contribution in [1.82, 2.24) is 0 Å². The lowest BCUT2D eigenvalue weighted by Gasteiger charge is -2.18. The van der Waals surface area contributed by atoms with E-state index in [-0.39, 0.29) is 16.8 Å². The van der Waals surface area contributed by atoms with E-state index in [9.17, 15) is 9.59 Å². The van der Waals surface area contributed by atoms with Crippen LogP contribution in [0.4, 0.5) is 11.4 Å². The fourth-order valence-electron chi connectivity index (χ4n) is 3.43. The number of hydrogen-bond donors (Lipinski definition) is 2. The summed E-state index contributed by atoms with van der Waals surface area (Å²) in [7, 11) is 0. The first-order valence-corrected chi connectivity index (χ1v) is 13.0. The number of amides is 2. The number of carbonyl (C=O) groups excluding carboxylic acids is 2. The van der Waals surface area contributed by atoms with Crippen LogP contribution < -0.4 is 10.6 Å². The number of carbonyl (C=O) groups is 2. The Hall–Kier alpha value is -2.96. The Balaban J connectivity index is 1.55. The second kappa shape index (κ2) is 11.8. The highest BCUT2D eigenvalue weighted by atomic mass is 35.5. The molecule has 0 radical (unpaired) electrons. The predicted octanol–water partition coefficient (Wildman–Crippen LogP) is 8.68. The highest BCUT2D eigenvalue weighted by Crippen LogP contribution is 2.37. The fraction of sp³-hybridized carbons (Fsp3) is 0.0714. The Morgan fingerprint density at radius 3 is 2.22 bits per heavy atom. The second-order valence-corrected chi connectivity index (χ2v) is 10.4. The van der Waals surface area contributed by atoms with Gasteiger partial charge in [0.05, 0.1) is 10.6 Å². The van der Waals surface area contributed by atoms with Gasteiger partial charge in [-0.15, -0.1) is 11.8 Å². The largest absolute Gasteiger partial charge is 0.325 e. The van der Waals surface area contributed by atoms with Crippen LogP contribution in [-0.2, 0) is 4.79 Å². The van der Waals surface area contributed by atoms with E-state index in [4.69, 9.17) is 34.8 Å². The molecule has 2 N–H and O–H groups in total. The first kappa shape index (κ1) is 26.1. The van der Waals surface area contributed by atoms with Gasteiger partial charge in [0.25, 0.3) is 5.91 Å². The molecule has 1 unspecified atom stereocenters. The van der Waals surface area contributed by atoms with Crippen molar-refractivity contribution in [3.05, 3.63) is 123 Å². The van der Waals surface area contributed by atoms with Crippen LogP contribution in [0.5, 0.6) is 0 Å². The molecule has 0 aliphatic heterocycles. The van der Waals surface area contributed by atoms with E-state index in [1.165, 1.54) is 17.8 Å². The van der Waals surface area contributed by atoms with E-state index in [0.717, 1.165) is 16.0 Å². The lowest BCUT2D eigenvalue weighted by molar-refractivity contribution is -0.115. The third-order valence-corrected chi connectivity index (χ3v) is 7.50. The Bertz CT molecular complexity index is 1410. The lowest BCUT2D eigenvalue weighted by atomic mass is 10.1. The van der Waals surface area contributed by atoms with Crippen molar-refractivity contribution >= 4 is 69.8 Å². The van der Waals surface area contributed by atoms with Crippen LogP contribution >= 0.6 is 46.6 Å². The molecule has 8 heteroatoms. The van der Waals surface area contributed by atoms with Crippen molar-refractivity contribution in [2.75, 3.05) is 10.6 Å². The summed E-state index contributed by atoms with van der Waals surface area (Å²) in [6.07, 6.45) is 0. The molecule has 4 rings (SSSR count). The summed E-state index contributed by atoms with van der Waals surface area (Å²) < 4.78 is 0. The van der Waals surface area contributed by atoms with E-state index in [1.54, 1.807) is 24.3 Å². The van der Waals surface area contributed by atoms with Gasteiger partial charge in [-0.1, -0.05) is 77.3 Å². The normalized spacial score (nSPS) is 11.6. The van der Waals surface area contributed by atoms with E-state index in [0.29, 0.717) is 27.0 Å². The van der Waals surface area contributed by atoms with Gasteiger partial charge < -0.3 is 10.6 Å². The number of benzene rings is 4. The van der Waals surface area contributed by atoms with E-state index < -0.39 is 5.25 Å². The number of halogens is 3. The molecule has 1 atom stereocenters. The van der Waals surface area contributed by atoms with Gasteiger partial charge in [-0.2, -0.15) is 0 Å². The molecule has 36 heavy (non-hydrogen) atoms. The van der Waals surface area contributed by atoms with E-state index >= 15 is 0 Å². The molecule has 4 nitrogen and oxygen atoms in total. The van der Waals surface area contributed by atoms with Gasteiger partial charge >= 0.3 is 0 Å². The summed E-state index contributed by atoms with van der Waals surface area (Å²) in [6.45, 7) is 1.91. The van der Waals surface area contributed by atoms with Crippen LogP contribution in [0.2, 0.25) is 15.1 Å². The number of hydrogen-bond acceptors (Lipinski definition) is 3. The monoisotopic (exact) mass is 554 g/mol. The van der Waals surface area contributed by atoms with Gasteiger partial charge in [-0.25, -0.2) is 0 Å². The Morgan fingerprint density at radius 2 is 1.50 bits per heavy atom. The number of aryl methyl sites for hydroxylation is 1. The molecule has 182 valence electrons. The number of thioether (sulfide) groups is 1. The van der Waals surface area contributed by atoms with Crippen LogP contribution in [-0.4, -0.2) is 11.8 Å². The molecule has 0 saturated heterocycles. The summed E-state index contributed by atoms with van der Waals surface area (Å²) in [4.78, 5) is 26.9. The number of nitrogens with one attached hydrogen (secondary N) is 2. The van der Waals surface area contributed by atoms with Crippen molar-refractivity contribution in [3.63, 3.8) is 0 Å². The Morgan fingerprint density at radius 1 is 0.750 bits per heavy atom. The molecule has 4 aromatic carbocycles. The van der Waals surface area contributed by atoms with Crippen molar-refractivity contribution in [1.29, 1.82) is 0 Å². The fourth-order valence-corrected chi connectivity index (χ4v) is 5.19. The van der Waals surface area contributed by atoms with Crippen LogP contribution in [0.3, 0.4) is 0 Å². The highest BCUT2D eigenvalue weighted by Gasteiger charge is 2.23. The molecule has 4 aromatic rings.